The van der Waals surface area contributed by atoms with Gasteiger partial charge in [0.2, 0.25) is 9.84 Å². The minimum Gasteiger partial charge on any atom is -0.383 e. The molecule has 3 rings (SSSR count). The van der Waals surface area contributed by atoms with Gasteiger partial charge in [0.05, 0.1) is 10.4 Å². The lowest BCUT2D eigenvalue weighted by molar-refractivity contribution is 0.596. The van der Waals surface area contributed by atoms with Gasteiger partial charge in [-0.15, -0.1) is 0 Å². The number of fused-ring (bicyclic) bond motifs is 1. The Bertz CT molecular complexity index is 922. The van der Waals surface area contributed by atoms with Crippen molar-refractivity contribution in [1.29, 1.82) is 0 Å². The predicted octanol–water partition coefficient (Wildman–Crippen LogP) is 3.41. The number of rotatable bonds is 2. The van der Waals surface area contributed by atoms with Crippen LogP contribution in [0.3, 0.4) is 0 Å². The monoisotopic (exact) mass is 362 g/mol. The second kappa shape index (κ2) is 5.13. The first kappa shape index (κ1) is 14.0. The molecule has 0 aliphatic heterocycles. The average molecular weight is 363 g/mol. The molecule has 1 heterocycles. The summed E-state index contributed by atoms with van der Waals surface area (Å²) in [6.07, 6.45) is 0. The van der Waals surface area contributed by atoms with E-state index in [-0.39, 0.29) is 15.6 Å². The van der Waals surface area contributed by atoms with Gasteiger partial charge >= 0.3 is 0 Å². The Hall–Kier alpha value is -1.92. The number of nitrogen functional groups attached to an aromatic ring is 1. The van der Waals surface area contributed by atoms with E-state index in [1.807, 2.05) is 18.2 Å². The summed E-state index contributed by atoms with van der Waals surface area (Å²) < 4.78 is 26.2. The third-order valence-corrected chi connectivity index (χ3v) is 5.46. The Morgan fingerprint density at radius 2 is 1.67 bits per heavy atom. The van der Waals surface area contributed by atoms with Crippen LogP contribution in [0, 0.1) is 0 Å². The van der Waals surface area contributed by atoms with Gasteiger partial charge in [0.15, 0.2) is 0 Å². The molecule has 4 nitrogen and oxygen atoms in total. The first-order valence-corrected chi connectivity index (χ1v) is 8.42. The molecular weight excluding hydrogens is 352 g/mol. The van der Waals surface area contributed by atoms with Gasteiger partial charge in [0.1, 0.15) is 10.7 Å². The van der Waals surface area contributed by atoms with Crippen LogP contribution >= 0.6 is 15.9 Å². The minimum atomic E-state index is -3.69. The van der Waals surface area contributed by atoms with Gasteiger partial charge in [0.25, 0.3) is 0 Å². The molecule has 0 radical (unpaired) electrons. The number of pyridine rings is 1. The summed E-state index contributed by atoms with van der Waals surface area (Å²) in [6.45, 7) is 0. The minimum absolute atomic E-state index is 0.0108. The number of nitrogens with zero attached hydrogens (tertiary/aromatic N) is 1. The molecule has 0 atom stereocenters. The highest BCUT2D eigenvalue weighted by Gasteiger charge is 2.22. The summed E-state index contributed by atoms with van der Waals surface area (Å²) in [6, 6.07) is 15.3. The van der Waals surface area contributed by atoms with Crippen LogP contribution in [0.25, 0.3) is 10.9 Å². The van der Waals surface area contributed by atoms with E-state index in [4.69, 9.17) is 5.73 Å². The van der Waals surface area contributed by atoms with Crippen molar-refractivity contribution in [2.45, 2.75) is 9.79 Å². The van der Waals surface area contributed by atoms with Crippen LogP contribution in [-0.2, 0) is 9.84 Å². The van der Waals surface area contributed by atoms with Crippen molar-refractivity contribution in [3.05, 3.63) is 59.1 Å². The van der Waals surface area contributed by atoms with Gasteiger partial charge in [-0.25, -0.2) is 13.4 Å². The highest BCUT2D eigenvalue weighted by atomic mass is 79.9. The van der Waals surface area contributed by atoms with E-state index < -0.39 is 9.84 Å². The van der Waals surface area contributed by atoms with Crippen LogP contribution in [0.5, 0.6) is 0 Å². The first-order chi connectivity index (χ1) is 9.98. The fraction of sp³-hybridized carbons (Fsp3) is 0. The topological polar surface area (TPSA) is 73.0 Å². The molecule has 0 unspecified atom stereocenters. The number of nitrogens with two attached hydrogens (primary N) is 1. The molecule has 0 bridgehead atoms. The van der Waals surface area contributed by atoms with Crippen LogP contribution in [0.1, 0.15) is 0 Å². The highest BCUT2D eigenvalue weighted by molar-refractivity contribution is 9.10. The Morgan fingerprint density at radius 1 is 1.00 bits per heavy atom. The van der Waals surface area contributed by atoms with Crippen LogP contribution in [0.15, 0.2) is 68.9 Å². The van der Waals surface area contributed by atoms with E-state index in [2.05, 4.69) is 20.9 Å². The lowest BCUT2D eigenvalue weighted by Crippen LogP contribution is -2.07. The standard InChI is InChI=1S/C15H11BrN2O2S/c16-11-5-7-12(8-6-11)21(19,20)14-9-10-3-1-2-4-13(10)18-15(14)17/h1-9H,(H2,17,18). The van der Waals surface area contributed by atoms with Crippen LogP contribution < -0.4 is 5.73 Å². The summed E-state index contributed by atoms with van der Waals surface area (Å²) >= 11 is 3.28. The molecule has 0 fully saturated rings. The zero-order chi connectivity index (χ0) is 15.0. The number of hydrogen-bond donors (Lipinski definition) is 1. The number of anilines is 1. The van der Waals surface area contributed by atoms with Crippen LogP contribution in [-0.4, -0.2) is 13.4 Å². The maximum Gasteiger partial charge on any atom is 0.210 e. The maximum absolute atomic E-state index is 12.7. The van der Waals surface area contributed by atoms with Crippen molar-refractivity contribution in [2.24, 2.45) is 0 Å². The molecule has 106 valence electrons. The lowest BCUT2D eigenvalue weighted by Gasteiger charge is -2.08. The van der Waals surface area contributed by atoms with Gasteiger partial charge in [0, 0.05) is 9.86 Å². The van der Waals surface area contributed by atoms with Gasteiger partial charge in [-0.2, -0.15) is 0 Å². The quantitative estimate of drug-likeness (QED) is 0.757. The van der Waals surface area contributed by atoms with Crippen molar-refractivity contribution in [1.82, 2.24) is 4.98 Å². The summed E-state index contributed by atoms with van der Waals surface area (Å²) in [5.74, 6) is 0.0108. The van der Waals surface area contributed by atoms with Gasteiger partial charge < -0.3 is 5.73 Å². The summed E-state index contributed by atoms with van der Waals surface area (Å²) in [4.78, 5) is 4.39. The molecule has 1 aromatic heterocycles. The molecule has 0 spiro atoms. The fourth-order valence-electron chi connectivity index (χ4n) is 2.07. The van der Waals surface area contributed by atoms with Crippen molar-refractivity contribution in [3.8, 4) is 0 Å². The Kier molecular flexibility index (Phi) is 3.43. The van der Waals surface area contributed by atoms with E-state index in [1.54, 1.807) is 24.3 Å². The smallest absolute Gasteiger partial charge is 0.210 e. The molecule has 21 heavy (non-hydrogen) atoms. The largest absolute Gasteiger partial charge is 0.383 e. The van der Waals surface area contributed by atoms with E-state index in [9.17, 15) is 8.42 Å². The number of sulfone groups is 1. The third kappa shape index (κ3) is 2.52. The van der Waals surface area contributed by atoms with E-state index in [0.29, 0.717) is 5.52 Å². The molecular formula is C15H11BrN2O2S. The summed E-state index contributed by atoms with van der Waals surface area (Å²) in [5, 5.41) is 0.738. The predicted molar refractivity (Wildman–Crippen MR) is 85.7 cm³/mol. The first-order valence-electron chi connectivity index (χ1n) is 6.14. The second-order valence-corrected chi connectivity index (χ2v) is 7.36. The van der Waals surface area contributed by atoms with Gasteiger partial charge in [-0.1, -0.05) is 34.1 Å². The Morgan fingerprint density at radius 3 is 2.38 bits per heavy atom. The van der Waals surface area contributed by atoms with Crippen molar-refractivity contribution < 1.29 is 8.42 Å². The molecule has 3 aromatic rings. The average Bonchev–Trinajstić information content (AvgIpc) is 2.47. The molecule has 0 saturated carbocycles. The molecule has 0 aliphatic rings. The number of aromatic nitrogens is 1. The van der Waals surface area contributed by atoms with Crippen molar-refractivity contribution >= 4 is 42.5 Å². The van der Waals surface area contributed by atoms with E-state index in [0.717, 1.165) is 9.86 Å². The number of halogens is 1. The van der Waals surface area contributed by atoms with Crippen LogP contribution in [0.2, 0.25) is 0 Å². The van der Waals surface area contributed by atoms with Crippen molar-refractivity contribution in [2.75, 3.05) is 5.73 Å². The third-order valence-electron chi connectivity index (χ3n) is 3.13. The number of para-hydroxylation sites is 1. The zero-order valence-electron chi connectivity index (χ0n) is 10.8. The fourth-order valence-corrected chi connectivity index (χ4v) is 3.68. The SMILES string of the molecule is Nc1nc2ccccc2cc1S(=O)(=O)c1ccc(Br)cc1. The molecule has 6 heteroatoms. The van der Waals surface area contributed by atoms with E-state index >= 15 is 0 Å². The Labute approximate surface area is 130 Å². The molecule has 2 N–H and O–H groups in total. The summed E-state index contributed by atoms with van der Waals surface area (Å²) in [5.41, 5.74) is 6.51. The molecule has 2 aromatic carbocycles. The number of benzene rings is 2. The molecule has 0 aliphatic carbocycles. The van der Waals surface area contributed by atoms with Crippen LogP contribution in [0.4, 0.5) is 5.82 Å². The molecule has 0 amide bonds. The maximum atomic E-state index is 12.7. The van der Waals surface area contributed by atoms with E-state index in [1.165, 1.54) is 12.1 Å². The second-order valence-electron chi connectivity index (χ2n) is 4.52. The zero-order valence-corrected chi connectivity index (χ0v) is 13.2. The van der Waals surface area contributed by atoms with Gasteiger partial charge in [-0.3, -0.25) is 0 Å². The normalized spacial score (nSPS) is 11.7. The van der Waals surface area contributed by atoms with Gasteiger partial charge in [-0.05, 0) is 36.4 Å². The summed E-state index contributed by atoms with van der Waals surface area (Å²) in [7, 11) is -3.69. The highest BCUT2D eigenvalue weighted by Crippen LogP contribution is 2.28. The number of hydrogen-bond acceptors (Lipinski definition) is 4. The molecule has 0 saturated heterocycles. The lowest BCUT2D eigenvalue weighted by atomic mass is 10.2. The van der Waals surface area contributed by atoms with Crippen molar-refractivity contribution in [3.63, 3.8) is 0 Å². The Balaban J connectivity index is 2.23.